The van der Waals surface area contributed by atoms with Gasteiger partial charge in [0, 0.05) is 31.7 Å². The molecule has 1 aromatic rings. The van der Waals surface area contributed by atoms with Crippen LogP contribution >= 0.6 is 0 Å². The fraction of sp³-hybridized carbons (Fsp3) is 0.533. The maximum atomic E-state index is 11.6. The average molecular weight is 296 g/mol. The smallest absolute Gasteiger partial charge is 0.226 e. The van der Waals surface area contributed by atoms with Crippen molar-refractivity contribution in [1.29, 1.82) is 0 Å². The number of carbonyl (C=O) groups excluding carboxylic acids is 1. The van der Waals surface area contributed by atoms with Crippen LogP contribution in [0.5, 0.6) is 0 Å². The third kappa shape index (κ3) is 9.01. The molecule has 0 fully saturated rings. The van der Waals surface area contributed by atoms with Gasteiger partial charge in [0.25, 0.3) is 0 Å². The van der Waals surface area contributed by atoms with Gasteiger partial charge in [-0.25, -0.2) is 0 Å². The molecule has 0 spiro atoms. The summed E-state index contributed by atoms with van der Waals surface area (Å²) in [5.74, 6) is -0.0730. The van der Waals surface area contributed by atoms with E-state index in [2.05, 4.69) is 5.32 Å². The first-order chi connectivity index (χ1) is 10.2. The van der Waals surface area contributed by atoms with E-state index in [1.165, 1.54) is 0 Å². The summed E-state index contributed by atoms with van der Waals surface area (Å²) in [7, 11) is 1.64. The fourth-order valence-corrected chi connectivity index (χ4v) is 1.56. The Morgan fingerprint density at radius 3 is 2.38 bits per heavy atom. The minimum atomic E-state index is -0.0730. The van der Waals surface area contributed by atoms with Gasteiger partial charge in [-0.2, -0.15) is 0 Å². The first-order valence-corrected chi connectivity index (χ1v) is 7.02. The highest BCUT2D eigenvalue weighted by atomic mass is 16.5. The zero-order valence-electron chi connectivity index (χ0n) is 12.5. The zero-order valence-corrected chi connectivity index (χ0v) is 12.5. The van der Waals surface area contributed by atoms with Gasteiger partial charge in [-0.05, 0) is 30.7 Å². The average Bonchev–Trinajstić information content (AvgIpc) is 2.48. The van der Waals surface area contributed by atoms with Crippen LogP contribution in [0.2, 0.25) is 0 Å². The van der Waals surface area contributed by atoms with Crippen LogP contribution in [-0.2, 0) is 19.0 Å². The molecule has 0 unspecified atom stereocenters. The first-order valence-electron chi connectivity index (χ1n) is 7.02. The summed E-state index contributed by atoms with van der Waals surface area (Å²) in [4.78, 5) is 11.6. The Morgan fingerprint density at radius 1 is 1.05 bits per heavy atom. The summed E-state index contributed by atoms with van der Waals surface area (Å²) in [5.41, 5.74) is 6.98. The lowest BCUT2D eigenvalue weighted by atomic mass is 10.3. The van der Waals surface area contributed by atoms with Gasteiger partial charge in [-0.3, -0.25) is 4.79 Å². The standard InChI is InChI=1S/C15H24N2O4/c1-19-11-12-21-9-2-8-20-10-7-15(18)17-14-5-3-13(16)4-6-14/h3-6H,2,7-12,16H2,1H3,(H,17,18). The molecule has 0 bridgehead atoms. The molecule has 0 aliphatic carbocycles. The number of methoxy groups -OCH3 is 1. The second-order valence-electron chi connectivity index (χ2n) is 4.49. The number of hydrogen-bond acceptors (Lipinski definition) is 5. The zero-order chi connectivity index (χ0) is 15.3. The summed E-state index contributed by atoms with van der Waals surface area (Å²) < 4.78 is 15.5. The van der Waals surface area contributed by atoms with Crippen molar-refractivity contribution in [3.63, 3.8) is 0 Å². The molecule has 0 aromatic heterocycles. The van der Waals surface area contributed by atoms with Crippen molar-refractivity contribution in [2.75, 3.05) is 51.2 Å². The van der Waals surface area contributed by atoms with Crippen molar-refractivity contribution in [1.82, 2.24) is 0 Å². The second-order valence-corrected chi connectivity index (χ2v) is 4.49. The monoisotopic (exact) mass is 296 g/mol. The molecule has 6 heteroatoms. The quantitative estimate of drug-likeness (QED) is 0.479. The number of rotatable bonds is 11. The first kappa shape index (κ1) is 17.4. The molecule has 0 saturated heterocycles. The molecule has 0 radical (unpaired) electrons. The van der Waals surface area contributed by atoms with Crippen LogP contribution in [0, 0.1) is 0 Å². The van der Waals surface area contributed by atoms with Gasteiger partial charge in [0.2, 0.25) is 5.91 Å². The number of ether oxygens (including phenoxy) is 3. The maximum Gasteiger partial charge on any atom is 0.226 e. The van der Waals surface area contributed by atoms with Crippen molar-refractivity contribution in [3.05, 3.63) is 24.3 Å². The number of carbonyl (C=O) groups is 1. The van der Waals surface area contributed by atoms with E-state index in [0.29, 0.717) is 45.1 Å². The molecular formula is C15H24N2O4. The molecule has 21 heavy (non-hydrogen) atoms. The molecule has 0 aliphatic heterocycles. The number of nitrogen functional groups attached to an aromatic ring is 1. The molecule has 0 heterocycles. The highest BCUT2D eigenvalue weighted by molar-refractivity contribution is 5.90. The van der Waals surface area contributed by atoms with E-state index in [0.717, 1.165) is 12.1 Å². The highest BCUT2D eigenvalue weighted by Gasteiger charge is 2.02. The van der Waals surface area contributed by atoms with Crippen molar-refractivity contribution in [2.24, 2.45) is 0 Å². The summed E-state index contributed by atoms with van der Waals surface area (Å²) >= 11 is 0. The molecular weight excluding hydrogens is 272 g/mol. The van der Waals surface area contributed by atoms with E-state index in [9.17, 15) is 4.79 Å². The number of nitrogens with two attached hydrogens (primary N) is 1. The van der Waals surface area contributed by atoms with Gasteiger partial charge in [0.1, 0.15) is 0 Å². The molecule has 3 N–H and O–H groups in total. The van der Waals surface area contributed by atoms with Gasteiger partial charge < -0.3 is 25.3 Å². The summed E-state index contributed by atoms with van der Waals surface area (Å²) in [6.45, 7) is 2.83. The summed E-state index contributed by atoms with van der Waals surface area (Å²) in [6.07, 6.45) is 1.14. The normalized spacial score (nSPS) is 10.5. The maximum absolute atomic E-state index is 11.6. The minimum absolute atomic E-state index is 0.0730. The molecule has 1 aromatic carbocycles. The Morgan fingerprint density at radius 2 is 1.71 bits per heavy atom. The van der Waals surface area contributed by atoms with Crippen LogP contribution in [0.3, 0.4) is 0 Å². The van der Waals surface area contributed by atoms with E-state index < -0.39 is 0 Å². The number of anilines is 2. The van der Waals surface area contributed by atoms with Crippen LogP contribution < -0.4 is 11.1 Å². The van der Waals surface area contributed by atoms with E-state index >= 15 is 0 Å². The minimum Gasteiger partial charge on any atom is -0.399 e. The van der Waals surface area contributed by atoms with Gasteiger partial charge >= 0.3 is 0 Å². The van der Waals surface area contributed by atoms with Gasteiger partial charge in [0.05, 0.1) is 26.2 Å². The molecule has 0 aliphatic rings. The van der Waals surface area contributed by atoms with Crippen LogP contribution in [0.25, 0.3) is 0 Å². The largest absolute Gasteiger partial charge is 0.399 e. The lowest BCUT2D eigenvalue weighted by molar-refractivity contribution is -0.117. The van der Waals surface area contributed by atoms with E-state index in [-0.39, 0.29) is 5.91 Å². The predicted molar refractivity (Wildman–Crippen MR) is 82.2 cm³/mol. The second kappa shape index (κ2) is 11.1. The molecule has 6 nitrogen and oxygen atoms in total. The Hall–Kier alpha value is -1.63. The topological polar surface area (TPSA) is 82.8 Å². The van der Waals surface area contributed by atoms with Crippen LogP contribution in [0.1, 0.15) is 12.8 Å². The van der Waals surface area contributed by atoms with Crippen LogP contribution in [0.4, 0.5) is 11.4 Å². The SMILES string of the molecule is COCCOCCCOCCC(=O)Nc1ccc(N)cc1. The number of nitrogens with one attached hydrogen (secondary N) is 1. The summed E-state index contributed by atoms with van der Waals surface area (Å²) in [6, 6.07) is 7.03. The number of amides is 1. The van der Waals surface area contributed by atoms with Gasteiger partial charge in [0.15, 0.2) is 0 Å². The molecule has 0 saturated carbocycles. The number of benzene rings is 1. The molecule has 0 atom stereocenters. The predicted octanol–water partition coefficient (Wildman–Crippen LogP) is 1.67. The molecule has 1 rings (SSSR count). The third-order valence-electron chi connectivity index (χ3n) is 2.68. The van der Waals surface area contributed by atoms with Crippen molar-refractivity contribution in [2.45, 2.75) is 12.8 Å². The molecule has 118 valence electrons. The van der Waals surface area contributed by atoms with Crippen molar-refractivity contribution >= 4 is 17.3 Å². The number of hydrogen-bond donors (Lipinski definition) is 2. The third-order valence-corrected chi connectivity index (χ3v) is 2.68. The lowest BCUT2D eigenvalue weighted by Crippen LogP contribution is -2.14. The van der Waals surface area contributed by atoms with Crippen molar-refractivity contribution < 1.29 is 19.0 Å². The Kier molecular flexibility index (Phi) is 9.19. The lowest BCUT2D eigenvalue weighted by Gasteiger charge is -2.07. The summed E-state index contributed by atoms with van der Waals surface area (Å²) in [5, 5.41) is 2.78. The van der Waals surface area contributed by atoms with E-state index in [1.807, 2.05) is 0 Å². The van der Waals surface area contributed by atoms with Crippen LogP contribution in [-0.4, -0.2) is 46.1 Å². The van der Waals surface area contributed by atoms with E-state index in [1.54, 1.807) is 31.4 Å². The Bertz CT molecular complexity index is 395. The van der Waals surface area contributed by atoms with Gasteiger partial charge in [-0.1, -0.05) is 0 Å². The Balaban J connectivity index is 1.97. The van der Waals surface area contributed by atoms with E-state index in [4.69, 9.17) is 19.9 Å². The fourth-order valence-electron chi connectivity index (χ4n) is 1.56. The molecule has 1 amide bonds. The van der Waals surface area contributed by atoms with Crippen molar-refractivity contribution in [3.8, 4) is 0 Å². The highest BCUT2D eigenvalue weighted by Crippen LogP contribution is 2.10. The van der Waals surface area contributed by atoms with Gasteiger partial charge in [-0.15, -0.1) is 0 Å². The van der Waals surface area contributed by atoms with Crippen LogP contribution in [0.15, 0.2) is 24.3 Å². The Labute approximate surface area is 125 Å².